The first-order chi connectivity index (χ1) is 10.6. The lowest BCUT2D eigenvalue weighted by molar-refractivity contribution is 0.317. The average Bonchev–Trinajstić information content (AvgIpc) is 2.53. The maximum atomic E-state index is 12.1. The minimum atomic E-state index is -3.35. The molecule has 22 heavy (non-hydrogen) atoms. The van der Waals surface area contributed by atoms with Crippen molar-refractivity contribution in [2.24, 2.45) is 0 Å². The summed E-state index contributed by atoms with van der Waals surface area (Å²) in [4.78, 5) is 0. The molecule has 0 bridgehead atoms. The Morgan fingerprint density at radius 3 is 2.32 bits per heavy atom. The predicted molar refractivity (Wildman–Crippen MR) is 89.8 cm³/mol. The van der Waals surface area contributed by atoms with E-state index in [-0.39, 0.29) is 5.75 Å². The van der Waals surface area contributed by atoms with E-state index >= 15 is 0 Å². The molecule has 5 heteroatoms. The van der Waals surface area contributed by atoms with Crippen LogP contribution in [0.1, 0.15) is 18.9 Å². The Labute approximate surface area is 132 Å². The second kappa shape index (κ2) is 7.84. The molecule has 0 saturated carbocycles. The van der Waals surface area contributed by atoms with Gasteiger partial charge in [-0.25, -0.2) is 8.42 Å². The zero-order valence-corrected chi connectivity index (χ0v) is 13.5. The summed E-state index contributed by atoms with van der Waals surface area (Å²) in [5, 5.41) is 0. The van der Waals surface area contributed by atoms with Gasteiger partial charge in [0.25, 0.3) is 0 Å². The Kier molecular flexibility index (Phi) is 5.83. The van der Waals surface area contributed by atoms with E-state index in [1.807, 2.05) is 37.3 Å². The molecule has 0 heterocycles. The number of nitrogens with one attached hydrogen (secondary N) is 1. The van der Waals surface area contributed by atoms with Crippen molar-refractivity contribution < 1.29 is 13.2 Å². The van der Waals surface area contributed by atoms with E-state index in [4.69, 9.17) is 4.74 Å². The highest BCUT2D eigenvalue weighted by atomic mass is 32.2. The van der Waals surface area contributed by atoms with Crippen molar-refractivity contribution in [1.29, 1.82) is 0 Å². The molecule has 0 saturated heterocycles. The van der Waals surface area contributed by atoms with Crippen LogP contribution in [0.4, 0.5) is 5.69 Å². The summed E-state index contributed by atoms with van der Waals surface area (Å²) in [7, 11) is -3.35. The smallest absolute Gasteiger partial charge is 0.233 e. The van der Waals surface area contributed by atoms with Crippen LogP contribution >= 0.6 is 0 Å². The van der Waals surface area contributed by atoms with Crippen LogP contribution in [0.25, 0.3) is 0 Å². The third kappa shape index (κ3) is 5.41. The van der Waals surface area contributed by atoms with E-state index in [1.54, 1.807) is 24.3 Å². The van der Waals surface area contributed by atoms with Gasteiger partial charge in [-0.1, -0.05) is 37.3 Å². The highest BCUT2D eigenvalue weighted by Gasteiger charge is 2.10. The van der Waals surface area contributed by atoms with Gasteiger partial charge in [-0.15, -0.1) is 0 Å². The Morgan fingerprint density at radius 2 is 1.68 bits per heavy atom. The van der Waals surface area contributed by atoms with Crippen LogP contribution in [0.3, 0.4) is 0 Å². The lowest BCUT2D eigenvalue weighted by Crippen LogP contribution is -2.18. The second-order valence-corrected chi connectivity index (χ2v) is 6.87. The molecule has 2 aromatic rings. The Balaban J connectivity index is 1.91. The minimum Gasteiger partial charge on any atom is -0.494 e. The molecular weight excluding hydrogens is 298 g/mol. The normalized spacial score (nSPS) is 11.1. The summed E-state index contributed by atoms with van der Waals surface area (Å²) < 4.78 is 32.2. The third-order valence-electron chi connectivity index (χ3n) is 3.10. The lowest BCUT2D eigenvalue weighted by Gasteiger charge is -2.09. The van der Waals surface area contributed by atoms with Gasteiger partial charge in [-0.3, -0.25) is 4.72 Å². The predicted octanol–water partition coefficient (Wildman–Crippen LogP) is 3.46. The molecule has 0 radical (unpaired) electrons. The molecule has 2 rings (SSSR count). The molecular formula is C17H21NO3S. The third-order valence-corrected chi connectivity index (χ3v) is 4.39. The van der Waals surface area contributed by atoms with Gasteiger partial charge in [-0.2, -0.15) is 0 Å². The van der Waals surface area contributed by atoms with Gasteiger partial charge < -0.3 is 4.74 Å². The molecule has 0 amide bonds. The summed E-state index contributed by atoms with van der Waals surface area (Å²) in [6.07, 6.45) is 1.43. The topological polar surface area (TPSA) is 55.4 Å². The van der Waals surface area contributed by atoms with Crippen LogP contribution in [0, 0.1) is 0 Å². The average molecular weight is 319 g/mol. The summed E-state index contributed by atoms with van der Waals surface area (Å²) in [5.74, 6) is 0.805. The van der Waals surface area contributed by atoms with Crippen molar-refractivity contribution in [3.05, 3.63) is 60.2 Å². The summed E-state index contributed by atoms with van der Waals surface area (Å²) in [6.45, 7) is 2.69. The number of anilines is 1. The number of hydrogen-bond donors (Lipinski definition) is 1. The quantitative estimate of drug-likeness (QED) is 0.810. The summed E-state index contributed by atoms with van der Waals surface area (Å²) in [6, 6.07) is 16.5. The number of aryl methyl sites for hydroxylation is 1. The van der Waals surface area contributed by atoms with Gasteiger partial charge in [0.2, 0.25) is 10.0 Å². The molecule has 0 aliphatic rings. The first-order valence-electron chi connectivity index (χ1n) is 7.36. The highest BCUT2D eigenvalue weighted by molar-refractivity contribution is 7.92. The monoisotopic (exact) mass is 319 g/mol. The molecule has 118 valence electrons. The van der Waals surface area contributed by atoms with E-state index in [0.29, 0.717) is 18.7 Å². The van der Waals surface area contributed by atoms with Crippen molar-refractivity contribution in [1.82, 2.24) is 0 Å². The number of sulfonamides is 1. The van der Waals surface area contributed by atoms with Gasteiger partial charge in [-0.05, 0) is 42.7 Å². The van der Waals surface area contributed by atoms with Gasteiger partial charge in [0, 0.05) is 5.69 Å². The molecule has 0 unspecified atom stereocenters. The van der Waals surface area contributed by atoms with Crippen LogP contribution < -0.4 is 9.46 Å². The minimum absolute atomic E-state index is 0.0606. The van der Waals surface area contributed by atoms with Gasteiger partial charge in [0.05, 0.1) is 12.4 Å². The van der Waals surface area contributed by atoms with E-state index in [0.717, 1.165) is 17.7 Å². The lowest BCUT2D eigenvalue weighted by atomic mass is 10.2. The van der Waals surface area contributed by atoms with E-state index in [2.05, 4.69) is 4.72 Å². The molecule has 0 aliphatic heterocycles. The van der Waals surface area contributed by atoms with E-state index in [1.165, 1.54) is 0 Å². The number of hydrogen-bond acceptors (Lipinski definition) is 3. The van der Waals surface area contributed by atoms with Gasteiger partial charge in [0.15, 0.2) is 0 Å². The van der Waals surface area contributed by atoms with E-state index < -0.39 is 10.0 Å². The van der Waals surface area contributed by atoms with E-state index in [9.17, 15) is 8.42 Å². The zero-order valence-electron chi connectivity index (χ0n) is 12.7. The van der Waals surface area contributed by atoms with Crippen molar-refractivity contribution in [2.45, 2.75) is 19.8 Å². The molecule has 0 atom stereocenters. The van der Waals surface area contributed by atoms with Crippen molar-refractivity contribution in [3.63, 3.8) is 0 Å². The maximum absolute atomic E-state index is 12.1. The van der Waals surface area contributed by atoms with Gasteiger partial charge >= 0.3 is 0 Å². The van der Waals surface area contributed by atoms with Crippen LogP contribution in [-0.2, 0) is 16.4 Å². The highest BCUT2D eigenvalue weighted by Crippen LogP contribution is 2.17. The van der Waals surface area contributed by atoms with Crippen molar-refractivity contribution in [2.75, 3.05) is 17.1 Å². The van der Waals surface area contributed by atoms with Crippen LogP contribution in [-0.4, -0.2) is 20.8 Å². The van der Waals surface area contributed by atoms with Crippen LogP contribution in [0.15, 0.2) is 54.6 Å². The SMILES string of the molecule is CCCOc1ccc(NS(=O)(=O)CCc2ccccc2)cc1. The summed E-state index contributed by atoms with van der Waals surface area (Å²) in [5.41, 5.74) is 1.56. The number of ether oxygens (including phenoxy) is 1. The Bertz CT molecular complexity index is 667. The largest absolute Gasteiger partial charge is 0.494 e. The molecule has 0 aromatic heterocycles. The maximum Gasteiger partial charge on any atom is 0.233 e. The number of rotatable bonds is 8. The fourth-order valence-corrected chi connectivity index (χ4v) is 3.07. The standard InChI is InChI=1S/C17H21NO3S/c1-2-13-21-17-10-8-16(9-11-17)18-22(19,20)14-12-15-6-4-3-5-7-15/h3-11,18H,2,12-14H2,1H3. The van der Waals surface area contributed by atoms with Crippen LogP contribution in [0.2, 0.25) is 0 Å². The fraction of sp³-hybridized carbons (Fsp3) is 0.294. The summed E-state index contributed by atoms with van der Waals surface area (Å²) >= 11 is 0. The molecule has 0 spiro atoms. The zero-order chi connectivity index (χ0) is 15.8. The second-order valence-electron chi connectivity index (χ2n) is 5.03. The first kappa shape index (κ1) is 16.4. The molecule has 0 fully saturated rings. The molecule has 4 nitrogen and oxygen atoms in total. The van der Waals surface area contributed by atoms with Crippen LogP contribution in [0.5, 0.6) is 5.75 Å². The molecule has 1 N–H and O–H groups in total. The number of benzene rings is 2. The first-order valence-corrected chi connectivity index (χ1v) is 9.01. The van der Waals surface area contributed by atoms with Crippen molar-refractivity contribution >= 4 is 15.7 Å². The Hall–Kier alpha value is -2.01. The molecule has 2 aromatic carbocycles. The molecule has 0 aliphatic carbocycles. The fourth-order valence-electron chi connectivity index (χ4n) is 1.97. The van der Waals surface area contributed by atoms with Crippen molar-refractivity contribution in [3.8, 4) is 5.75 Å². The Morgan fingerprint density at radius 1 is 1.00 bits per heavy atom. The van der Waals surface area contributed by atoms with Gasteiger partial charge in [0.1, 0.15) is 5.75 Å².